The maximum absolute atomic E-state index is 11.5. The number of nitrogens with one attached hydrogen (secondary N) is 1. The number of benzene rings is 1. The first-order chi connectivity index (χ1) is 9.50. The van der Waals surface area contributed by atoms with Gasteiger partial charge < -0.3 is 10.1 Å². The van der Waals surface area contributed by atoms with Gasteiger partial charge in [-0.3, -0.25) is 0 Å². The van der Waals surface area contributed by atoms with Crippen LogP contribution >= 0.6 is 0 Å². The Morgan fingerprint density at radius 1 is 1.30 bits per heavy atom. The smallest absolute Gasteiger partial charge is 0.337 e. The third kappa shape index (κ3) is 3.99. The zero-order valence-electron chi connectivity index (χ0n) is 12.7. The average Bonchev–Trinajstić information content (AvgIpc) is 2.60. The van der Waals surface area contributed by atoms with Gasteiger partial charge in [-0.25, -0.2) is 4.79 Å². The van der Waals surface area contributed by atoms with E-state index in [1.807, 2.05) is 18.2 Å². The van der Waals surface area contributed by atoms with Gasteiger partial charge in [-0.1, -0.05) is 26.3 Å². The van der Waals surface area contributed by atoms with E-state index in [4.69, 9.17) is 4.74 Å². The number of carbonyl (C=O) groups excluding carboxylic acids is 1. The molecule has 110 valence electrons. The van der Waals surface area contributed by atoms with Crippen molar-refractivity contribution in [1.82, 2.24) is 0 Å². The van der Waals surface area contributed by atoms with E-state index in [1.54, 1.807) is 6.07 Å². The molecule has 1 fully saturated rings. The minimum absolute atomic E-state index is 0.282. The van der Waals surface area contributed by atoms with Crippen molar-refractivity contribution in [2.75, 3.05) is 12.4 Å². The second-order valence-electron chi connectivity index (χ2n) is 6.51. The Hall–Kier alpha value is -1.51. The first-order valence-corrected chi connectivity index (χ1v) is 7.45. The van der Waals surface area contributed by atoms with Gasteiger partial charge in [0, 0.05) is 11.7 Å². The van der Waals surface area contributed by atoms with Crippen molar-refractivity contribution in [3.05, 3.63) is 29.8 Å². The van der Waals surface area contributed by atoms with Gasteiger partial charge in [-0.2, -0.15) is 0 Å². The quantitative estimate of drug-likeness (QED) is 0.662. The van der Waals surface area contributed by atoms with Crippen molar-refractivity contribution in [1.29, 1.82) is 0 Å². The van der Waals surface area contributed by atoms with Crippen LogP contribution < -0.4 is 5.32 Å². The Morgan fingerprint density at radius 2 is 2.10 bits per heavy atom. The summed E-state index contributed by atoms with van der Waals surface area (Å²) in [5.74, 6) is -0.282. The first kappa shape index (κ1) is 14.9. The van der Waals surface area contributed by atoms with Crippen LogP contribution in [0.25, 0.3) is 0 Å². The Labute approximate surface area is 121 Å². The number of anilines is 1. The SMILES string of the molecule is COC(=O)c1cccc(NC2CCCC(C)(C)CC2)c1. The van der Waals surface area contributed by atoms with E-state index in [0.717, 1.165) is 5.69 Å². The molecule has 3 nitrogen and oxygen atoms in total. The molecule has 0 spiro atoms. The molecular formula is C17H25NO2. The lowest BCUT2D eigenvalue weighted by Crippen LogP contribution is -2.19. The van der Waals surface area contributed by atoms with Crippen LogP contribution in [0.3, 0.4) is 0 Å². The fraction of sp³-hybridized carbons (Fsp3) is 0.588. The lowest BCUT2D eigenvalue weighted by Gasteiger charge is -2.22. The molecule has 20 heavy (non-hydrogen) atoms. The second-order valence-corrected chi connectivity index (χ2v) is 6.51. The summed E-state index contributed by atoms with van der Waals surface area (Å²) < 4.78 is 4.76. The van der Waals surface area contributed by atoms with E-state index < -0.39 is 0 Å². The molecule has 1 unspecified atom stereocenters. The summed E-state index contributed by atoms with van der Waals surface area (Å²) in [5.41, 5.74) is 2.08. The highest BCUT2D eigenvalue weighted by Gasteiger charge is 2.24. The predicted molar refractivity (Wildman–Crippen MR) is 82.1 cm³/mol. The third-order valence-corrected chi connectivity index (χ3v) is 4.23. The summed E-state index contributed by atoms with van der Waals surface area (Å²) in [6.45, 7) is 4.71. The van der Waals surface area contributed by atoms with Gasteiger partial charge in [0.25, 0.3) is 0 Å². The molecule has 0 aliphatic heterocycles. The van der Waals surface area contributed by atoms with E-state index in [0.29, 0.717) is 17.0 Å². The average molecular weight is 275 g/mol. The largest absolute Gasteiger partial charge is 0.465 e. The highest BCUT2D eigenvalue weighted by atomic mass is 16.5. The Bertz CT molecular complexity index is 468. The Balaban J connectivity index is 2.01. The molecule has 0 heterocycles. The number of rotatable bonds is 3. The fourth-order valence-electron chi connectivity index (χ4n) is 2.90. The molecule has 0 amide bonds. The highest BCUT2D eigenvalue weighted by Crippen LogP contribution is 2.34. The van der Waals surface area contributed by atoms with Crippen LogP contribution in [0.1, 0.15) is 56.3 Å². The molecule has 1 N–H and O–H groups in total. The molecule has 0 saturated heterocycles. The van der Waals surface area contributed by atoms with Crippen LogP contribution in [0.15, 0.2) is 24.3 Å². The van der Waals surface area contributed by atoms with Crippen LogP contribution in [-0.4, -0.2) is 19.1 Å². The number of methoxy groups -OCH3 is 1. The summed E-state index contributed by atoms with van der Waals surface area (Å²) >= 11 is 0. The zero-order valence-corrected chi connectivity index (χ0v) is 12.7. The summed E-state index contributed by atoms with van der Waals surface area (Å²) in [6, 6.07) is 8.08. The van der Waals surface area contributed by atoms with Gasteiger partial charge in [0.1, 0.15) is 0 Å². The third-order valence-electron chi connectivity index (χ3n) is 4.23. The Kier molecular flexibility index (Phi) is 4.69. The minimum atomic E-state index is -0.282. The second kappa shape index (κ2) is 6.29. The first-order valence-electron chi connectivity index (χ1n) is 7.45. The molecule has 0 bridgehead atoms. The van der Waals surface area contributed by atoms with Crippen LogP contribution in [0.5, 0.6) is 0 Å². The Morgan fingerprint density at radius 3 is 2.85 bits per heavy atom. The normalized spacial score (nSPS) is 21.9. The van der Waals surface area contributed by atoms with Crippen molar-refractivity contribution in [2.24, 2.45) is 5.41 Å². The molecule has 1 aliphatic rings. The molecule has 1 atom stereocenters. The summed E-state index contributed by atoms with van der Waals surface area (Å²) in [7, 11) is 1.41. The molecule has 1 aromatic rings. The van der Waals surface area contributed by atoms with Crippen molar-refractivity contribution < 1.29 is 9.53 Å². The van der Waals surface area contributed by atoms with E-state index in [-0.39, 0.29) is 5.97 Å². The van der Waals surface area contributed by atoms with Crippen molar-refractivity contribution in [3.63, 3.8) is 0 Å². The highest BCUT2D eigenvalue weighted by molar-refractivity contribution is 5.90. The molecule has 1 aliphatic carbocycles. The molecule has 1 aromatic carbocycles. The molecule has 0 radical (unpaired) electrons. The summed E-state index contributed by atoms with van der Waals surface area (Å²) in [5, 5.41) is 3.57. The molecular weight excluding hydrogens is 250 g/mol. The van der Waals surface area contributed by atoms with Gasteiger partial charge in [0.05, 0.1) is 12.7 Å². The molecule has 2 rings (SSSR count). The van der Waals surface area contributed by atoms with Crippen LogP contribution in [0.2, 0.25) is 0 Å². The minimum Gasteiger partial charge on any atom is -0.465 e. The van der Waals surface area contributed by atoms with E-state index >= 15 is 0 Å². The monoisotopic (exact) mass is 275 g/mol. The molecule has 0 aromatic heterocycles. The fourth-order valence-corrected chi connectivity index (χ4v) is 2.90. The van der Waals surface area contributed by atoms with Crippen molar-refractivity contribution >= 4 is 11.7 Å². The maximum atomic E-state index is 11.5. The molecule has 3 heteroatoms. The van der Waals surface area contributed by atoms with E-state index in [1.165, 1.54) is 39.2 Å². The number of hydrogen-bond donors (Lipinski definition) is 1. The lowest BCUT2D eigenvalue weighted by atomic mass is 9.85. The number of ether oxygens (including phenoxy) is 1. The van der Waals surface area contributed by atoms with E-state index in [2.05, 4.69) is 19.2 Å². The summed E-state index contributed by atoms with van der Waals surface area (Å²) in [4.78, 5) is 11.5. The predicted octanol–water partition coefficient (Wildman–Crippen LogP) is 4.24. The van der Waals surface area contributed by atoms with Gasteiger partial charge >= 0.3 is 5.97 Å². The van der Waals surface area contributed by atoms with Gasteiger partial charge in [-0.15, -0.1) is 0 Å². The van der Waals surface area contributed by atoms with Crippen LogP contribution in [0, 0.1) is 5.41 Å². The maximum Gasteiger partial charge on any atom is 0.337 e. The van der Waals surface area contributed by atoms with Gasteiger partial charge in [-0.05, 0) is 49.3 Å². The van der Waals surface area contributed by atoms with Crippen molar-refractivity contribution in [3.8, 4) is 0 Å². The standard InChI is InChI=1S/C17H25NO2/c1-17(2)10-5-8-14(9-11-17)18-15-7-4-6-13(12-15)16(19)20-3/h4,6-7,12,14,18H,5,8-11H2,1-3H3. The van der Waals surface area contributed by atoms with Crippen molar-refractivity contribution in [2.45, 2.75) is 52.0 Å². The van der Waals surface area contributed by atoms with Crippen LogP contribution in [0.4, 0.5) is 5.69 Å². The molecule has 1 saturated carbocycles. The van der Waals surface area contributed by atoms with Gasteiger partial charge in [0.15, 0.2) is 0 Å². The van der Waals surface area contributed by atoms with Crippen LogP contribution in [-0.2, 0) is 4.74 Å². The number of hydrogen-bond acceptors (Lipinski definition) is 3. The number of esters is 1. The lowest BCUT2D eigenvalue weighted by molar-refractivity contribution is 0.0601. The van der Waals surface area contributed by atoms with E-state index in [9.17, 15) is 4.79 Å². The number of carbonyl (C=O) groups is 1. The topological polar surface area (TPSA) is 38.3 Å². The summed E-state index contributed by atoms with van der Waals surface area (Å²) in [6.07, 6.45) is 6.21. The van der Waals surface area contributed by atoms with Gasteiger partial charge in [0.2, 0.25) is 0 Å². The zero-order chi connectivity index (χ0) is 14.6.